The summed E-state index contributed by atoms with van der Waals surface area (Å²) < 4.78 is 43.6. The summed E-state index contributed by atoms with van der Waals surface area (Å²) in [6.07, 6.45) is 0. The summed E-state index contributed by atoms with van der Waals surface area (Å²) in [5.41, 5.74) is -0.297. The zero-order valence-corrected chi connectivity index (χ0v) is 11.1. The molecule has 2 aromatic rings. The molecule has 114 valence electrons. The minimum Gasteiger partial charge on any atom is -0.452 e. The fourth-order valence-electron chi connectivity index (χ4n) is 1.61. The first-order chi connectivity index (χ1) is 10.5. The Morgan fingerprint density at radius 3 is 2.41 bits per heavy atom. The minimum absolute atomic E-state index is 0.0548. The van der Waals surface area contributed by atoms with Crippen LogP contribution in [-0.4, -0.2) is 18.5 Å². The zero-order valence-electron chi connectivity index (χ0n) is 11.1. The monoisotopic (exact) mass is 309 g/mol. The van der Waals surface area contributed by atoms with Crippen LogP contribution in [0, 0.1) is 17.5 Å². The number of benzene rings is 2. The second-order valence-corrected chi connectivity index (χ2v) is 4.26. The van der Waals surface area contributed by atoms with E-state index in [1.807, 2.05) is 0 Å². The summed E-state index contributed by atoms with van der Waals surface area (Å²) in [5, 5.41) is 2.12. The number of hydrogen-bond acceptors (Lipinski definition) is 3. The van der Waals surface area contributed by atoms with Crippen molar-refractivity contribution in [3.8, 4) is 0 Å². The summed E-state index contributed by atoms with van der Waals surface area (Å²) in [6, 6.07) is 7.37. The molecule has 0 heterocycles. The van der Waals surface area contributed by atoms with Gasteiger partial charge < -0.3 is 10.1 Å². The van der Waals surface area contributed by atoms with Gasteiger partial charge in [-0.15, -0.1) is 0 Å². The molecule has 0 bridgehead atoms. The third kappa shape index (κ3) is 4.08. The van der Waals surface area contributed by atoms with Crippen molar-refractivity contribution < 1.29 is 27.5 Å². The van der Waals surface area contributed by atoms with Crippen LogP contribution in [0.5, 0.6) is 0 Å². The molecule has 2 aromatic carbocycles. The Hall–Kier alpha value is -2.83. The van der Waals surface area contributed by atoms with Crippen molar-refractivity contribution in [2.24, 2.45) is 0 Å². The molecule has 7 heteroatoms. The van der Waals surface area contributed by atoms with Crippen LogP contribution in [0.15, 0.2) is 42.5 Å². The Morgan fingerprint density at radius 2 is 1.73 bits per heavy atom. The predicted molar refractivity (Wildman–Crippen MR) is 71.7 cm³/mol. The topological polar surface area (TPSA) is 55.4 Å². The van der Waals surface area contributed by atoms with Crippen LogP contribution < -0.4 is 5.32 Å². The highest BCUT2D eigenvalue weighted by atomic mass is 19.1. The van der Waals surface area contributed by atoms with Gasteiger partial charge in [-0.25, -0.2) is 18.0 Å². The van der Waals surface area contributed by atoms with Gasteiger partial charge in [0.1, 0.15) is 17.5 Å². The van der Waals surface area contributed by atoms with Gasteiger partial charge in [-0.05, 0) is 30.3 Å². The number of halogens is 3. The van der Waals surface area contributed by atoms with Crippen molar-refractivity contribution in [2.45, 2.75) is 0 Å². The predicted octanol–water partition coefficient (Wildman–Crippen LogP) is 2.90. The largest absolute Gasteiger partial charge is 0.452 e. The second-order valence-electron chi connectivity index (χ2n) is 4.26. The van der Waals surface area contributed by atoms with Crippen LogP contribution in [0.25, 0.3) is 0 Å². The molecule has 2 rings (SSSR count). The molecule has 0 aliphatic rings. The molecule has 0 spiro atoms. The quantitative estimate of drug-likeness (QED) is 0.884. The molecule has 0 radical (unpaired) electrons. The van der Waals surface area contributed by atoms with Crippen LogP contribution in [0.1, 0.15) is 10.4 Å². The Morgan fingerprint density at radius 1 is 1.00 bits per heavy atom. The zero-order chi connectivity index (χ0) is 16.1. The maximum absolute atomic E-state index is 13.3. The number of rotatable bonds is 4. The Bertz CT molecular complexity index is 719. The molecule has 0 fully saturated rings. The van der Waals surface area contributed by atoms with E-state index < -0.39 is 35.9 Å². The highest BCUT2D eigenvalue weighted by Gasteiger charge is 2.12. The lowest BCUT2D eigenvalue weighted by Crippen LogP contribution is -2.21. The lowest BCUT2D eigenvalue weighted by atomic mass is 10.2. The number of ether oxygens (including phenoxy) is 1. The van der Waals surface area contributed by atoms with Gasteiger partial charge in [0.05, 0.1) is 11.3 Å². The van der Waals surface area contributed by atoms with Gasteiger partial charge in [0.15, 0.2) is 6.61 Å². The van der Waals surface area contributed by atoms with E-state index in [1.165, 1.54) is 12.1 Å². The molecule has 22 heavy (non-hydrogen) atoms. The van der Waals surface area contributed by atoms with Crippen LogP contribution >= 0.6 is 0 Å². The average Bonchev–Trinajstić information content (AvgIpc) is 2.47. The van der Waals surface area contributed by atoms with Crippen LogP contribution in [0.4, 0.5) is 18.9 Å². The first-order valence-corrected chi connectivity index (χ1v) is 6.13. The van der Waals surface area contributed by atoms with Gasteiger partial charge in [0, 0.05) is 6.07 Å². The van der Waals surface area contributed by atoms with E-state index in [4.69, 9.17) is 0 Å². The molecule has 0 aliphatic heterocycles. The summed E-state index contributed by atoms with van der Waals surface area (Å²) >= 11 is 0. The van der Waals surface area contributed by atoms with E-state index in [2.05, 4.69) is 10.1 Å². The van der Waals surface area contributed by atoms with Gasteiger partial charge in [-0.3, -0.25) is 4.79 Å². The number of anilines is 1. The Balaban J connectivity index is 1.91. The highest BCUT2D eigenvalue weighted by Crippen LogP contribution is 2.14. The molecule has 0 aliphatic carbocycles. The number of carbonyl (C=O) groups excluding carboxylic acids is 2. The standard InChI is InChI=1S/C15H10F3NO3/c16-10-3-1-2-9(6-10)15(21)22-8-14(20)19-13-5-4-11(17)7-12(13)18/h1-7H,8H2,(H,19,20). The van der Waals surface area contributed by atoms with Gasteiger partial charge in [0.25, 0.3) is 5.91 Å². The third-order valence-corrected chi connectivity index (χ3v) is 2.60. The normalized spacial score (nSPS) is 10.1. The van der Waals surface area contributed by atoms with Gasteiger partial charge in [0.2, 0.25) is 0 Å². The molecule has 0 atom stereocenters. The van der Waals surface area contributed by atoms with Crippen LogP contribution in [-0.2, 0) is 9.53 Å². The highest BCUT2D eigenvalue weighted by molar-refractivity contribution is 5.95. The fraction of sp³-hybridized carbons (Fsp3) is 0.0667. The SMILES string of the molecule is O=C(COC(=O)c1cccc(F)c1)Nc1ccc(F)cc1F. The summed E-state index contributed by atoms with van der Waals surface area (Å²) in [5.74, 6) is -4.06. The van der Waals surface area contributed by atoms with Crippen LogP contribution in [0.3, 0.4) is 0 Å². The van der Waals surface area contributed by atoms with Gasteiger partial charge in [-0.2, -0.15) is 0 Å². The minimum atomic E-state index is -0.954. The summed E-state index contributed by atoms with van der Waals surface area (Å²) in [6.45, 7) is -0.688. The van der Waals surface area contributed by atoms with E-state index in [1.54, 1.807) is 0 Å². The summed E-state index contributed by atoms with van der Waals surface area (Å²) in [7, 11) is 0. The molecule has 0 unspecified atom stereocenters. The number of nitrogens with one attached hydrogen (secondary N) is 1. The molecular formula is C15H10F3NO3. The van der Waals surface area contributed by atoms with E-state index in [-0.39, 0.29) is 11.3 Å². The van der Waals surface area contributed by atoms with Crippen molar-refractivity contribution in [3.63, 3.8) is 0 Å². The van der Waals surface area contributed by atoms with E-state index >= 15 is 0 Å². The lowest BCUT2D eigenvalue weighted by Gasteiger charge is -2.07. The molecule has 0 aromatic heterocycles. The second kappa shape index (κ2) is 6.75. The molecule has 1 N–H and O–H groups in total. The van der Waals surface area contributed by atoms with E-state index in [9.17, 15) is 22.8 Å². The summed E-state index contributed by atoms with van der Waals surface area (Å²) in [4.78, 5) is 23.1. The number of hydrogen-bond donors (Lipinski definition) is 1. The van der Waals surface area contributed by atoms with Crippen LogP contribution in [0.2, 0.25) is 0 Å². The first kappa shape index (κ1) is 15.6. The maximum Gasteiger partial charge on any atom is 0.338 e. The molecular weight excluding hydrogens is 299 g/mol. The molecule has 0 saturated carbocycles. The lowest BCUT2D eigenvalue weighted by molar-refractivity contribution is -0.119. The van der Waals surface area contributed by atoms with Crippen molar-refractivity contribution in [2.75, 3.05) is 11.9 Å². The third-order valence-electron chi connectivity index (χ3n) is 2.60. The first-order valence-electron chi connectivity index (χ1n) is 6.13. The Labute approximate surface area is 123 Å². The van der Waals surface area contributed by atoms with E-state index in [0.29, 0.717) is 6.07 Å². The average molecular weight is 309 g/mol. The number of carbonyl (C=O) groups is 2. The van der Waals surface area contributed by atoms with Crippen molar-refractivity contribution in [1.29, 1.82) is 0 Å². The van der Waals surface area contributed by atoms with Crippen molar-refractivity contribution >= 4 is 17.6 Å². The smallest absolute Gasteiger partial charge is 0.338 e. The maximum atomic E-state index is 13.3. The number of amides is 1. The van der Waals surface area contributed by atoms with Crippen molar-refractivity contribution in [3.05, 3.63) is 65.5 Å². The molecule has 0 saturated heterocycles. The Kier molecular flexibility index (Phi) is 4.77. The van der Waals surface area contributed by atoms with Gasteiger partial charge in [-0.1, -0.05) is 6.07 Å². The number of esters is 1. The molecule has 4 nitrogen and oxygen atoms in total. The van der Waals surface area contributed by atoms with Gasteiger partial charge >= 0.3 is 5.97 Å². The fourth-order valence-corrected chi connectivity index (χ4v) is 1.61. The van der Waals surface area contributed by atoms with Crippen molar-refractivity contribution in [1.82, 2.24) is 0 Å². The molecule has 1 amide bonds. The van der Waals surface area contributed by atoms with E-state index in [0.717, 1.165) is 24.3 Å².